The molecule has 2 spiro atoms. The number of carbonyl (C=O) groups excluding carboxylic acids is 4. The van der Waals surface area contributed by atoms with Crippen LogP contribution in [0.4, 0.5) is 22.7 Å². The number of hydrogen-bond acceptors (Lipinski definition) is 14. The summed E-state index contributed by atoms with van der Waals surface area (Å²) in [5, 5.41) is 19.7. The third-order valence-electron chi connectivity index (χ3n) is 13.1. The fraction of sp³-hybridized carbons (Fsp3) is 0.103. The predicted octanol–water partition coefficient (Wildman–Crippen LogP) is 11.3. The Morgan fingerprint density at radius 2 is 0.806 bits per heavy atom. The van der Waals surface area contributed by atoms with E-state index >= 15 is 0 Å². The van der Waals surface area contributed by atoms with Crippen molar-refractivity contribution in [1.82, 2.24) is 0 Å². The average Bonchev–Trinajstić information content (AvgIpc) is 3.83. The first kappa shape index (κ1) is 44.9. The summed E-state index contributed by atoms with van der Waals surface area (Å²) in [6.07, 6.45) is 0. The fourth-order valence-electron chi connectivity index (χ4n) is 9.82. The first-order valence-electron chi connectivity index (χ1n) is 22.8. The number of ether oxygens (including phenoxy) is 6. The van der Waals surface area contributed by atoms with Gasteiger partial charge in [-0.25, -0.2) is 9.59 Å². The molecule has 0 aromatic heterocycles. The lowest BCUT2D eigenvalue weighted by atomic mass is 9.77. The fourth-order valence-corrected chi connectivity index (χ4v) is 9.82. The van der Waals surface area contributed by atoms with Crippen molar-refractivity contribution in [2.45, 2.75) is 25.0 Å². The van der Waals surface area contributed by atoms with Gasteiger partial charge in [0.05, 0.1) is 11.1 Å². The minimum Gasteiger partial charge on any atom is -0.508 e. The molecule has 4 aliphatic rings. The second-order valence-electron chi connectivity index (χ2n) is 17.5. The number of rotatable bonds is 6. The van der Waals surface area contributed by atoms with Crippen LogP contribution in [0.1, 0.15) is 67.9 Å². The van der Waals surface area contributed by atoms with Crippen LogP contribution < -0.4 is 28.7 Å². The van der Waals surface area contributed by atoms with E-state index in [2.05, 4.69) is 0 Å². The predicted molar refractivity (Wildman–Crippen MR) is 264 cm³/mol. The Morgan fingerprint density at radius 1 is 0.431 bits per heavy atom. The zero-order valence-electron chi connectivity index (χ0n) is 39.0. The van der Waals surface area contributed by atoms with Gasteiger partial charge >= 0.3 is 23.9 Å². The van der Waals surface area contributed by atoms with Crippen LogP contribution in [-0.4, -0.2) is 48.2 Å². The normalized spacial score (nSPS) is 16.9. The highest BCUT2D eigenvalue weighted by Gasteiger charge is 2.55. The van der Waals surface area contributed by atoms with Gasteiger partial charge in [0, 0.05) is 108 Å². The van der Waals surface area contributed by atoms with Crippen LogP contribution in [0, 0.1) is 0 Å². The molecule has 14 nitrogen and oxygen atoms in total. The molecular weight excluding hydrogens is 917 g/mol. The maximum atomic E-state index is 13.1. The van der Waals surface area contributed by atoms with E-state index in [9.17, 15) is 29.4 Å². The molecule has 2 atom stereocenters. The lowest BCUT2D eigenvalue weighted by Gasteiger charge is -2.37. The molecule has 0 fully saturated rings. The highest BCUT2D eigenvalue weighted by Crippen LogP contribution is 2.59. The molecule has 0 radical (unpaired) electrons. The monoisotopic (exact) mass is 958 g/mol. The van der Waals surface area contributed by atoms with Crippen molar-refractivity contribution in [2.75, 3.05) is 23.9 Å². The maximum Gasteiger partial charge on any atom is 0.340 e. The van der Waals surface area contributed by atoms with Gasteiger partial charge in [-0.3, -0.25) is 9.59 Å². The molecule has 4 aliphatic heterocycles. The highest BCUT2D eigenvalue weighted by molar-refractivity contribution is 5.98. The molecule has 0 saturated carbocycles. The molecule has 0 amide bonds. The third-order valence-corrected chi connectivity index (χ3v) is 13.1. The van der Waals surface area contributed by atoms with Crippen LogP contribution in [0.15, 0.2) is 170 Å². The molecule has 8 aromatic rings. The Bertz CT molecular complexity index is 3560. The van der Waals surface area contributed by atoms with Crippen LogP contribution in [0.25, 0.3) is 0 Å². The summed E-state index contributed by atoms with van der Waals surface area (Å²) in [6, 6.07) is 50.0. The van der Waals surface area contributed by atoms with Gasteiger partial charge in [-0.1, -0.05) is 36.4 Å². The van der Waals surface area contributed by atoms with Gasteiger partial charge in [0.15, 0.2) is 11.2 Å². The summed E-state index contributed by atoms with van der Waals surface area (Å²) < 4.78 is 35.3. The number of phenols is 2. The molecule has 0 saturated heterocycles. The van der Waals surface area contributed by atoms with E-state index in [1.54, 1.807) is 72.8 Å². The molecule has 72 heavy (non-hydrogen) atoms. The topological polar surface area (TPSA) is 171 Å². The van der Waals surface area contributed by atoms with E-state index in [4.69, 9.17) is 28.4 Å². The van der Waals surface area contributed by atoms with Crippen molar-refractivity contribution in [2.24, 2.45) is 0 Å². The van der Waals surface area contributed by atoms with Crippen molar-refractivity contribution in [3.8, 4) is 46.0 Å². The minimum atomic E-state index is -1.23. The Balaban J connectivity index is 0.000000158. The van der Waals surface area contributed by atoms with Crippen LogP contribution >= 0.6 is 0 Å². The zero-order chi connectivity index (χ0) is 50.1. The molecular formula is C58H42N2O12. The average molecular weight is 959 g/mol. The van der Waals surface area contributed by atoms with Crippen LogP contribution in [0.3, 0.4) is 0 Å². The number of fused-ring (bicyclic) bond motifs is 12. The van der Waals surface area contributed by atoms with Gasteiger partial charge in [-0.15, -0.1) is 0 Å². The summed E-state index contributed by atoms with van der Waals surface area (Å²) in [5.41, 5.74) is 6.11. The van der Waals surface area contributed by atoms with Gasteiger partial charge in [0.2, 0.25) is 0 Å². The molecule has 2 unspecified atom stereocenters. The second kappa shape index (κ2) is 17.1. The second-order valence-corrected chi connectivity index (χ2v) is 17.5. The summed E-state index contributed by atoms with van der Waals surface area (Å²) in [4.78, 5) is 52.7. The van der Waals surface area contributed by atoms with Crippen LogP contribution in [0.5, 0.6) is 46.0 Å². The summed E-state index contributed by atoms with van der Waals surface area (Å²) in [6.45, 7) is 2.68. The quantitative estimate of drug-likeness (QED) is 0.119. The molecule has 0 bridgehead atoms. The van der Waals surface area contributed by atoms with E-state index in [1.165, 1.54) is 19.9 Å². The first-order valence-corrected chi connectivity index (χ1v) is 22.8. The van der Waals surface area contributed by atoms with Gasteiger partial charge in [0.1, 0.15) is 46.0 Å². The minimum absolute atomic E-state index is 0.0577. The van der Waals surface area contributed by atoms with Gasteiger partial charge in [-0.2, -0.15) is 0 Å². The number of carbonyl (C=O) groups is 4. The number of anilines is 4. The summed E-state index contributed by atoms with van der Waals surface area (Å²) in [5.74, 6) is 1.22. The molecule has 356 valence electrons. The number of esters is 4. The number of phenolic OH excluding ortho intramolecular Hbond substituents is 2. The maximum absolute atomic E-state index is 13.1. The number of aromatic hydroxyl groups is 2. The van der Waals surface area contributed by atoms with E-state index < -0.39 is 29.1 Å². The lowest BCUT2D eigenvalue weighted by Crippen LogP contribution is -2.33. The molecule has 8 aromatic carbocycles. The molecule has 14 heteroatoms. The third kappa shape index (κ3) is 7.35. The van der Waals surface area contributed by atoms with Gasteiger partial charge < -0.3 is 48.4 Å². The van der Waals surface area contributed by atoms with Crippen molar-refractivity contribution in [3.05, 3.63) is 214 Å². The molecule has 2 N–H and O–H groups in total. The number of nitrogens with zero attached hydrogens (tertiary/aromatic N) is 2. The van der Waals surface area contributed by atoms with E-state index in [-0.39, 0.29) is 17.5 Å². The Kier molecular flexibility index (Phi) is 10.7. The molecule has 0 aliphatic carbocycles. The SMILES string of the molecule is CC(=O)Oc1ccc(N(C)c2ccc3c(c2)Oc2cc(OC(C)=O)ccc2C32OC(=O)c3ccccc32)cc1.CN(c1ccc(O)cc1)c1ccc2c(c1)Oc1cc(O)ccc1C21OC(=O)c2ccccc21. The summed E-state index contributed by atoms with van der Waals surface area (Å²) in [7, 11) is 3.82. The van der Waals surface area contributed by atoms with Crippen molar-refractivity contribution in [3.63, 3.8) is 0 Å². The van der Waals surface area contributed by atoms with Crippen molar-refractivity contribution in [1.29, 1.82) is 0 Å². The molecule has 12 rings (SSSR count). The van der Waals surface area contributed by atoms with Gasteiger partial charge in [0.25, 0.3) is 0 Å². The van der Waals surface area contributed by atoms with Crippen LogP contribution in [0.2, 0.25) is 0 Å². The standard InChI is InChI=1S/C31H23NO7.C27H19NO5/c1-18(33)36-22-11-8-20(9-12-22)32(3)21-10-14-26-28(16-21)38-29-17-23(37-19(2)34)13-15-27(29)31(26)25-7-5-4-6-24(25)30(35)39-31;1-28(16-6-9-18(29)10-7-16)17-8-12-22-24(14-17)32-25-15-19(30)11-13-23(25)27(22)21-5-3-2-4-20(21)26(31)33-27/h4-17H,1-3H3;2-15,29-30H,1H3. The van der Waals surface area contributed by atoms with E-state index in [0.717, 1.165) is 28.3 Å². The summed E-state index contributed by atoms with van der Waals surface area (Å²) >= 11 is 0. The number of hydrogen-bond donors (Lipinski definition) is 2. The smallest absolute Gasteiger partial charge is 0.340 e. The lowest BCUT2D eigenvalue weighted by molar-refractivity contribution is -0.132. The largest absolute Gasteiger partial charge is 0.508 e. The van der Waals surface area contributed by atoms with Crippen molar-refractivity contribution >= 4 is 46.6 Å². The first-order chi connectivity index (χ1) is 34.7. The van der Waals surface area contributed by atoms with Gasteiger partial charge in [-0.05, 0) is 109 Å². The van der Waals surface area contributed by atoms with E-state index in [1.807, 2.05) is 115 Å². The highest BCUT2D eigenvalue weighted by atomic mass is 16.6. The van der Waals surface area contributed by atoms with Crippen LogP contribution in [-0.2, 0) is 30.3 Å². The Labute approximate surface area is 412 Å². The van der Waals surface area contributed by atoms with Crippen molar-refractivity contribution < 1.29 is 57.8 Å². The zero-order valence-corrected chi connectivity index (χ0v) is 39.0. The Morgan fingerprint density at radius 3 is 1.31 bits per heavy atom. The van der Waals surface area contributed by atoms with E-state index in [0.29, 0.717) is 73.4 Å². The molecule has 4 heterocycles. The Hall–Kier alpha value is -9.56. The number of benzene rings is 8.